The number of Topliss-reactive ketones (excluding diaryl/α,β-unsaturated/α-hetero) is 1. The minimum absolute atomic E-state index is 0.0982. The van der Waals surface area contributed by atoms with E-state index in [4.69, 9.17) is 15.2 Å². The van der Waals surface area contributed by atoms with Gasteiger partial charge >= 0.3 is 5.69 Å². The second-order valence-electron chi connectivity index (χ2n) is 6.07. The van der Waals surface area contributed by atoms with Crippen LogP contribution in [0, 0.1) is 0 Å². The summed E-state index contributed by atoms with van der Waals surface area (Å²) in [6, 6.07) is 7.35. The number of ether oxygens (including phenoxy) is 2. The molecule has 2 aromatic heterocycles. The maximum atomic E-state index is 12.6. The number of nitrogens with one attached hydrogen (secondary N) is 2. The first-order valence-electron chi connectivity index (χ1n) is 8.95. The van der Waals surface area contributed by atoms with Gasteiger partial charge in [0.25, 0.3) is 5.56 Å². The molecule has 0 aliphatic carbocycles. The number of aromatic amines is 1. The van der Waals surface area contributed by atoms with Crippen molar-refractivity contribution in [3.05, 3.63) is 50.7 Å². The third-order valence-corrected chi connectivity index (χ3v) is 6.09. The van der Waals surface area contributed by atoms with E-state index in [-0.39, 0.29) is 30.3 Å². The van der Waals surface area contributed by atoms with Crippen LogP contribution in [-0.2, 0) is 11.3 Å². The molecule has 3 aromatic rings. The first-order valence-corrected chi connectivity index (χ1v) is 10.8. The number of nitrogen functional groups attached to an aromatic ring is 1. The standard InChI is InChI=1S/C18H20N6O5S2/c1-28-8-7-24-14(19)13(15(26)21-17(24)27)11(25)9-30-18-23-22-16(31-18)20-10-5-3-4-6-12(10)29-2/h3-6H,7-9,19H2,1-2H3,(H,20,22)(H,21,26,27). The lowest BCUT2D eigenvalue weighted by Crippen LogP contribution is -2.37. The maximum absolute atomic E-state index is 12.6. The summed E-state index contributed by atoms with van der Waals surface area (Å²) in [5.41, 5.74) is 4.87. The number of rotatable bonds is 10. The van der Waals surface area contributed by atoms with Gasteiger partial charge in [0.2, 0.25) is 5.13 Å². The van der Waals surface area contributed by atoms with Gasteiger partial charge in [-0.25, -0.2) is 4.79 Å². The first kappa shape index (κ1) is 22.5. The van der Waals surface area contributed by atoms with Crippen molar-refractivity contribution in [2.45, 2.75) is 10.9 Å². The van der Waals surface area contributed by atoms with Crippen LogP contribution in [0.1, 0.15) is 10.4 Å². The predicted octanol–water partition coefficient (Wildman–Crippen LogP) is 1.34. The number of thioether (sulfide) groups is 1. The topological polar surface area (TPSA) is 154 Å². The van der Waals surface area contributed by atoms with Gasteiger partial charge in [-0.05, 0) is 12.1 Å². The molecule has 4 N–H and O–H groups in total. The molecule has 0 amide bonds. The molecule has 0 saturated heterocycles. The summed E-state index contributed by atoms with van der Waals surface area (Å²) in [5.74, 6) is -0.157. The molecule has 0 aliphatic heterocycles. The van der Waals surface area contributed by atoms with Gasteiger partial charge in [-0.3, -0.25) is 19.1 Å². The first-order chi connectivity index (χ1) is 14.9. The highest BCUT2D eigenvalue weighted by atomic mass is 32.2. The van der Waals surface area contributed by atoms with E-state index >= 15 is 0 Å². The third-order valence-electron chi connectivity index (χ3n) is 4.12. The van der Waals surface area contributed by atoms with Gasteiger partial charge in [0.15, 0.2) is 10.1 Å². The Morgan fingerprint density at radius 2 is 2.06 bits per heavy atom. The van der Waals surface area contributed by atoms with E-state index < -0.39 is 17.0 Å². The van der Waals surface area contributed by atoms with Crippen LogP contribution >= 0.6 is 23.1 Å². The molecule has 0 spiro atoms. The van der Waals surface area contributed by atoms with Gasteiger partial charge in [-0.2, -0.15) is 0 Å². The molecule has 0 atom stereocenters. The van der Waals surface area contributed by atoms with Crippen LogP contribution in [0.3, 0.4) is 0 Å². The Bertz CT molecular complexity index is 1190. The number of benzene rings is 1. The Morgan fingerprint density at radius 1 is 1.29 bits per heavy atom. The number of nitrogens with zero attached hydrogens (tertiary/aromatic N) is 3. The monoisotopic (exact) mass is 464 g/mol. The normalized spacial score (nSPS) is 10.8. The molecule has 0 fully saturated rings. The number of ketones is 1. The van der Waals surface area contributed by atoms with Crippen molar-refractivity contribution < 1.29 is 14.3 Å². The molecule has 3 rings (SSSR count). The van der Waals surface area contributed by atoms with E-state index in [0.29, 0.717) is 15.2 Å². The molecule has 1 aromatic carbocycles. The van der Waals surface area contributed by atoms with E-state index in [2.05, 4.69) is 20.5 Å². The lowest BCUT2D eigenvalue weighted by atomic mass is 10.2. The summed E-state index contributed by atoms with van der Waals surface area (Å²) in [6.07, 6.45) is 0. The zero-order valence-electron chi connectivity index (χ0n) is 16.7. The van der Waals surface area contributed by atoms with Crippen molar-refractivity contribution in [3.63, 3.8) is 0 Å². The zero-order chi connectivity index (χ0) is 22.4. The van der Waals surface area contributed by atoms with Gasteiger partial charge in [-0.15, -0.1) is 10.2 Å². The summed E-state index contributed by atoms with van der Waals surface area (Å²) in [7, 11) is 3.04. The third kappa shape index (κ3) is 5.31. The number of aromatic nitrogens is 4. The van der Waals surface area contributed by atoms with E-state index in [1.807, 2.05) is 24.3 Å². The van der Waals surface area contributed by atoms with Crippen molar-refractivity contribution in [3.8, 4) is 5.75 Å². The van der Waals surface area contributed by atoms with E-state index in [1.165, 1.54) is 18.4 Å². The van der Waals surface area contributed by atoms with Gasteiger partial charge in [0.1, 0.15) is 17.1 Å². The fourth-order valence-electron chi connectivity index (χ4n) is 2.64. The molecule has 0 bridgehead atoms. The SMILES string of the molecule is COCCn1c(N)c(C(=O)CSc2nnc(Nc3ccccc3OC)s2)c(=O)[nH]c1=O. The Hall–Kier alpha value is -3.16. The van der Waals surface area contributed by atoms with Gasteiger partial charge in [-0.1, -0.05) is 35.2 Å². The van der Waals surface area contributed by atoms with Crippen LogP contribution < -0.4 is 27.0 Å². The molecule has 13 heteroatoms. The molecule has 2 heterocycles. The number of methoxy groups -OCH3 is 2. The highest BCUT2D eigenvalue weighted by Crippen LogP contribution is 2.31. The molecular weight excluding hydrogens is 444 g/mol. The lowest BCUT2D eigenvalue weighted by molar-refractivity contribution is 0.102. The molecule has 0 saturated carbocycles. The number of anilines is 3. The summed E-state index contributed by atoms with van der Waals surface area (Å²) in [4.78, 5) is 38.8. The van der Waals surface area contributed by atoms with Crippen molar-refractivity contribution in [1.82, 2.24) is 19.7 Å². The number of nitrogens with two attached hydrogens (primary N) is 1. The minimum atomic E-state index is -0.822. The average Bonchev–Trinajstić information content (AvgIpc) is 3.19. The summed E-state index contributed by atoms with van der Waals surface area (Å²) in [6.45, 7) is 0.311. The quantitative estimate of drug-likeness (QED) is 0.296. The van der Waals surface area contributed by atoms with E-state index in [1.54, 1.807) is 7.11 Å². The van der Waals surface area contributed by atoms with Crippen molar-refractivity contribution in [1.29, 1.82) is 0 Å². The Balaban J connectivity index is 1.71. The minimum Gasteiger partial charge on any atom is -0.495 e. The number of carbonyl (C=O) groups is 1. The van der Waals surface area contributed by atoms with Crippen LogP contribution in [0.4, 0.5) is 16.6 Å². The van der Waals surface area contributed by atoms with Crippen molar-refractivity contribution >= 4 is 45.5 Å². The Morgan fingerprint density at radius 3 is 2.81 bits per heavy atom. The smallest absolute Gasteiger partial charge is 0.330 e. The molecule has 164 valence electrons. The summed E-state index contributed by atoms with van der Waals surface area (Å²) < 4.78 is 11.8. The van der Waals surface area contributed by atoms with Crippen LogP contribution in [0.5, 0.6) is 5.75 Å². The Kier molecular flexibility index (Phi) is 7.44. The number of hydrogen-bond donors (Lipinski definition) is 3. The van der Waals surface area contributed by atoms with Crippen LogP contribution in [0.15, 0.2) is 38.2 Å². The molecule has 0 aliphatic rings. The van der Waals surface area contributed by atoms with Crippen LogP contribution in [0.25, 0.3) is 0 Å². The average molecular weight is 465 g/mol. The zero-order valence-corrected chi connectivity index (χ0v) is 18.3. The number of carbonyl (C=O) groups excluding carboxylic acids is 1. The molecular formula is C18H20N6O5S2. The van der Waals surface area contributed by atoms with Crippen molar-refractivity contribution in [2.24, 2.45) is 0 Å². The molecule has 31 heavy (non-hydrogen) atoms. The Labute approximate surface area is 184 Å². The number of H-pyrrole nitrogens is 1. The second kappa shape index (κ2) is 10.2. The molecule has 11 nitrogen and oxygen atoms in total. The van der Waals surface area contributed by atoms with Gasteiger partial charge in [0.05, 0.1) is 31.7 Å². The van der Waals surface area contributed by atoms with Crippen LogP contribution in [0.2, 0.25) is 0 Å². The largest absolute Gasteiger partial charge is 0.495 e. The fraction of sp³-hybridized carbons (Fsp3) is 0.278. The van der Waals surface area contributed by atoms with Crippen LogP contribution in [-0.4, -0.2) is 52.1 Å². The highest BCUT2D eigenvalue weighted by Gasteiger charge is 2.20. The van der Waals surface area contributed by atoms with Gasteiger partial charge in [0, 0.05) is 7.11 Å². The number of hydrogen-bond acceptors (Lipinski definition) is 11. The maximum Gasteiger partial charge on any atom is 0.330 e. The van der Waals surface area contributed by atoms with E-state index in [0.717, 1.165) is 22.0 Å². The highest BCUT2D eigenvalue weighted by molar-refractivity contribution is 8.01. The molecule has 0 radical (unpaired) electrons. The fourth-order valence-corrected chi connectivity index (χ4v) is 4.28. The van der Waals surface area contributed by atoms with Crippen molar-refractivity contribution in [2.75, 3.05) is 37.6 Å². The lowest BCUT2D eigenvalue weighted by Gasteiger charge is -2.11. The van der Waals surface area contributed by atoms with E-state index in [9.17, 15) is 14.4 Å². The summed E-state index contributed by atoms with van der Waals surface area (Å²) in [5, 5.41) is 11.7. The van der Waals surface area contributed by atoms with Gasteiger partial charge < -0.3 is 20.5 Å². The molecule has 0 unspecified atom stereocenters. The second-order valence-corrected chi connectivity index (χ2v) is 8.27. The number of para-hydroxylation sites is 2. The predicted molar refractivity (Wildman–Crippen MR) is 119 cm³/mol. The summed E-state index contributed by atoms with van der Waals surface area (Å²) >= 11 is 2.36.